The Hall–Kier alpha value is -5.36. The van der Waals surface area contributed by atoms with Gasteiger partial charge in [-0.1, -0.05) is 116 Å². The Morgan fingerprint density at radius 1 is 0.511 bits per heavy atom. The summed E-state index contributed by atoms with van der Waals surface area (Å²) in [6.45, 7) is 2.22. The second-order valence-electron chi connectivity index (χ2n) is 12.0. The van der Waals surface area contributed by atoms with Gasteiger partial charge >= 0.3 is 0 Å². The van der Waals surface area contributed by atoms with Crippen molar-refractivity contribution in [3.63, 3.8) is 0 Å². The highest BCUT2D eigenvalue weighted by atomic mass is 32.1. The summed E-state index contributed by atoms with van der Waals surface area (Å²) in [5.74, 6) is 1.68. The minimum Gasteiger partial charge on any atom is -0.293 e. The average molecular weight is 638 g/mol. The molecule has 10 aromatic rings. The van der Waals surface area contributed by atoms with Gasteiger partial charge in [0.15, 0.2) is 5.82 Å². The van der Waals surface area contributed by atoms with E-state index in [1.807, 2.05) is 28.7 Å². The van der Waals surface area contributed by atoms with E-state index in [0.29, 0.717) is 0 Å². The number of aromatic nitrogens is 3. The Labute approximate surface area is 279 Å². The van der Waals surface area contributed by atoms with Crippen LogP contribution in [-0.2, 0) is 6.42 Å². The fraction of sp³-hybridized carbons (Fsp3) is 0.0476. The van der Waals surface area contributed by atoms with E-state index in [1.54, 1.807) is 0 Å². The van der Waals surface area contributed by atoms with Crippen LogP contribution in [0.2, 0.25) is 0 Å². The fourth-order valence-electron chi connectivity index (χ4n) is 7.30. The molecule has 6 aromatic carbocycles. The van der Waals surface area contributed by atoms with E-state index in [-0.39, 0.29) is 0 Å². The molecule has 0 N–H and O–H groups in total. The van der Waals surface area contributed by atoms with Crippen LogP contribution in [-0.4, -0.2) is 14.5 Å². The number of benzene rings is 6. The molecular formula is C42H27N3S2. The maximum absolute atomic E-state index is 5.45. The quantitative estimate of drug-likeness (QED) is 0.192. The van der Waals surface area contributed by atoms with Crippen molar-refractivity contribution in [3.05, 3.63) is 139 Å². The Bertz CT molecular complexity index is 2700. The molecule has 0 amide bonds. The van der Waals surface area contributed by atoms with Crippen LogP contribution in [0.1, 0.15) is 12.5 Å². The number of hydrogen-bond acceptors (Lipinski definition) is 4. The molecule has 5 heteroatoms. The summed E-state index contributed by atoms with van der Waals surface area (Å²) in [5, 5.41) is 7.85. The van der Waals surface area contributed by atoms with Gasteiger partial charge in [-0.3, -0.25) is 4.57 Å². The zero-order chi connectivity index (χ0) is 31.1. The third-order valence-electron chi connectivity index (χ3n) is 9.41. The van der Waals surface area contributed by atoms with Gasteiger partial charge < -0.3 is 0 Å². The third-order valence-corrected chi connectivity index (χ3v) is 11.8. The molecule has 0 aliphatic rings. The second kappa shape index (κ2) is 10.3. The SMILES string of the molecule is CCc1c(-c2ccccc2)nc(-c2ccccc2)nc1-n1c2ccc3c4ccccc4sc3c2c2c3sc4ccccc4c3ccc21. The first-order chi connectivity index (χ1) is 23.3. The Balaban J connectivity index is 1.42. The summed E-state index contributed by atoms with van der Waals surface area (Å²) >= 11 is 3.80. The van der Waals surface area contributed by atoms with Crippen LogP contribution in [0, 0.1) is 0 Å². The summed E-state index contributed by atoms with van der Waals surface area (Å²) < 4.78 is 7.71. The monoisotopic (exact) mass is 637 g/mol. The lowest BCUT2D eigenvalue weighted by molar-refractivity contribution is 0.975. The van der Waals surface area contributed by atoms with Crippen molar-refractivity contribution in [1.82, 2.24) is 14.5 Å². The Morgan fingerprint density at radius 2 is 1.02 bits per heavy atom. The topological polar surface area (TPSA) is 30.7 Å². The molecule has 222 valence electrons. The molecule has 3 nitrogen and oxygen atoms in total. The molecular weight excluding hydrogens is 611 g/mol. The van der Waals surface area contributed by atoms with Crippen LogP contribution in [0.15, 0.2) is 133 Å². The molecule has 0 spiro atoms. The minimum absolute atomic E-state index is 0.734. The van der Waals surface area contributed by atoms with Crippen LogP contribution in [0.5, 0.6) is 0 Å². The average Bonchev–Trinajstić information content (AvgIpc) is 3.81. The molecule has 0 radical (unpaired) electrons. The highest BCUT2D eigenvalue weighted by Gasteiger charge is 2.25. The van der Waals surface area contributed by atoms with E-state index in [4.69, 9.17) is 9.97 Å². The summed E-state index contributed by atoms with van der Waals surface area (Å²) in [6, 6.07) is 47.8. The second-order valence-corrected chi connectivity index (χ2v) is 14.1. The molecule has 0 saturated heterocycles. The summed E-state index contributed by atoms with van der Waals surface area (Å²) in [7, 11) is 0. The molecule has 0 fully saturated rings. The van der Waals surface area contributed by atoms with Crippen molar-refractivity contribution in [2.24, 2.45) is 0 Å². The molecule has 0 aliphatic carbocycles. The lowest BCUT2D eigenvalue weighted by atomic mass is 10.0. The summed E-state index contributed by atoms with van der Waals surface area (Å²) in [4.78, 5) is 10.7. The van der Waals surface area contributed by atoms with E-state index in [0.717, 1.165) is 40.4 Å². The Morgan fingerprint density at radius 3 is 1.57 bits per heavy atom. The number of fused-ring (bicyclic) bond motifs is 11. The lowest BCUT2D eigenvalue weighted by Gasteiger charge is -2.17. The lowest BCUT2D eigenvalue weighted by Crippen LogP contribution is -2.08. The third kappa shape index (κ3) is 3.91. The van der Waals surface area contributed by atoms with Gasteiger partial charge in [-0.15, -0.1) is 22.7 Å². The molecule has 0 saturated carbocycles. The van der Waals surface area contributed by atoms with Gasteiger partial charge in [0.05, 0.1) is 16.7 Å². The number of thiophene rings is 2. The zero-order valence-corrected chi connectivity index (χ0v) is 27.2. The minimum atomic E-state index is 0.734. The molecule has 0 unspecified atom stereocenters. The summed E-state index contributed by atoms with van der Waals surface area (Å²) in [5.41, 5.74) is 6.59. The highest BCUT2D eigenvalue weighted by molar-refractivity contribution is 7.28. The van der Waals surface area contributed by atoms with E-state index >= 15 is 0 Å². The van der Waals surface area contributed by atoms with E-state index < -0.39 is 0 Å². The van der Waals surface area contributed by atoms with E-state index in [9.17, 15) is 0 Å². The van der Waals surface area contributed by atoms with Gasteiger partial charge in [0.25, 0.3) is 0 Å². The maximum Gasteiger partial charge on any atom is 0.162 e. The predicted octanol–water partition coefficient (Wildman–Crippen LogP) is 12.2. The standard InChI is InChI=1S/C42H27N3S2/c1-2-27-38(25-13-5-3-6-14-25)43-41(26-15-7-4-8-16-26)44-42(27)45-32-23-21-30-28-17-9-11-19-34(28)46-39(30)36(32)37-33(45)24-22-31-29-18-10-12-20-35(29)47-40(31)37/h3-24H,2H2,1H3. The van der Waals surface area contributed by atoms with Gasteiger partial charge in [0.1, 0.15) is 5.82 Å². The number of nitrogens with zero attached hydrogens (tertiary/aromatic N) is 3. The van der Waals surface area contributed by atoms with Crippen LogP contribution >= 0.6 is 22.7 Å². The Kier molecular flexibility index (Phi) is 5.89. The first-order valence-corrected chi connectivity index (χ1v) is 17.6. The van der Waals surface area contributed by atoms with Crippen molar-refractivity contribution in [2.45, 2.75) is 13.3 Å². The molecule has 4 heterocycles. The normalized spacial score (nSPS) is 12.0. The van der Waals surface area contributed by atoms with Crippen molar-refractivity contribution in [1.29, 1.82) is 0 Å². The summed E-state index contributed by atoms with van der Waals surface area (Å²) in [6.07, 6.45) is 0.798. The number of rotatable bonds is 4. The van der Waals surface area contributed by atoms with Gasteiger partial charge in [0, 0.05) is 67.8 Å². The fourth-order valence-corrected chi connectivity index (χ4v) is 9.81. The van der Waals surface area contributed by atoms with Gasteiger partial charge in [-0.25, -0.2) is 9.97 Å². The van der Waals surface area contributed by atoms with Crippen LogP contribution in [0.3, 0.4) is 0 Å². The molecule has 4 aromatic heterocycles. The van der Waals surface area contributed by atoms with Crippen LogP contribution < -0.4 is 0 Å². The number of hydrogen-bond donors (Lipinski definition) is 0. The molecule has 0 bridgehead atoms. The predicted molar refractivity (Wildman–Crippen MR) is 202 cm³/mol. The van der Waals surface area contributed by atoms with Crippen molar-refractivity contribution >= 4 is 84.8 Å². The first-order valence-electron chi connectivity index (χ1n) is 16.0. The van der Waals surface area contributed by atoms with E-state index in [2.05, 4.69) is 139 Å². The van der Waals surface area contributed by atoms with Crippen LogP contribution in [0.25, 0.3) is 90.6 Å². The largest absolute Gasteiger partial charge is 0.293 e. The smallest absolute Gasteiger partial charge is 0.162 e. The zero-order valence-electron chi connectivity index (χ0n) is 25.6. The van der Waals surface area contributed by atoms with Crippen LogP contribution in [0.4, 0.5) is 0 Å². The maximum atomic E-state index is 5.45. The van der Waals surface area contributed by atoms with Gasteiger partial charge in [-0.05, 0) is 30.7 Å². The highest BCUT2D eigenvalue weighted by Crippen LogP contribution is 2.48. The van der Waals surface area contributed by atoms with Gasteiger partial charge in [-0.2, -0.15) is 0 Å². The molecule has 0 atom stereocenters. The first kappa shape index (κ1) is 26.8. The molecule has 0 aliphatic heterocycles. The van der Waals surface area contributed by atoms with Crippen molar-refractivity contribution in [2.75, 3.05) is 0 Å². The molecule has 10 rings (SSSR count). The van der Waals surface area contributed by atoms with Gasteiger partial charge in [0.2, 0.25) is 0 Å². The van der Waals surface area contributed by atoms with Crippen molar-refractivity contribution in [3.8, 4) is 28.5 Å². The van der Waals surface area contributed by atoms with E-state index in [1.165, 1.54) is 62.2 Å². The van der Waals surface area contributed by atoms with Crippen molar-refractivity contribution < 1.29 is 0 Å². The molecule has 47 heavy (non-hydrogen) atoms.